The highest BCUT2D eigenvalue weighted by Crippen LogP contribution is 2.38. The molecule has 0 bridgehead atoms. The fraction of sp³-hybridized carbons (Fsp3) is 0.387. The highest BCUT2D eigenvalue weighted by Gasteiger charge is 2.29. The number of aliphatic carboxylic acids is 1. The summed E-state index contributed by atoms with van der Waals surface area (Å²) in [6.45, 7) is 3.06. The van der Waals surface area contributed by atoms with E-state index in [1.165, 1.54) is 11.1 Å². The number of hydrogen-bond donors (Lipinski definition) is 3. The summed E-state index contributed by atoms with van der Waals surface area (Å²) in [5.41, 5.74) is 4.29. The number of nitrogens with zero attached hydrogens (tertiary/aromatic N) is 1. The molecule has 3 aromatic carbocycles. The Hall–Kier alpha value is -3.15. The Bertz CT molecular complexity index is 1090. The predicted octanol–water partition coefficient (Wildman–Crippen LogP) is 5.25. The summed E-state index contributed by atoms with van der Waals surface area (Å²) in [5.74, 6) is 0.319. The molecular weight excluding hydrogens is 450 g/mol. The van der Waals surface area contributed by atoms with Crippen molar-refractivity contribution in [2.45, 2.75) is 50.5 Å². The predicted molar refractivity (Wildman–Crippen MR) is 142 cm³/mol. The minimum atomic E-state index is -0.847. The molecule has 5 nitrogen and oxygen atoms in total. The highest BCUT2D eigenvalue weighted by atomic mass is 16.4. The van der Waals surface area contributed by atoms with E-state index in [2.05, 4.69) is 47.4 Å². The molecule has 0 radical (unpaired) electrons. The number of aliphatic hydroxyl groups is 1. The Morgan fingerprint density at radius 1 is 0.861 bits per heavy atom. The second-order valence-electron chi connectivity index (χ2n) is 10.00. The first kappa shape index (κ1) is 25.9. The van der Waals surface area contributed by atoms with E-state index in [0.717, 1.165) is 50.0 Å². The van der Waals surface area contributed by atoms with E-state index in [-0.39, 0.29) is 6.42 Å². The van der Waals surface area contributed by atoms with Crippen LogP contribution in [0.15, 0.2) is 78.9 Å². The molecule has 36 heavy (non-hydrogen) atoms. The lowest BCUT2D eigenvalue weighted by Gasteiger charge is -2.37. The summed E-state index contributed by atoms with van der Waals surface area (Å²) in [7, 11) is 0. The van der Waals surface area contributed by atoms with Crippen molar-refractivity contribution in [3.8, 4) is 5.75 Å². The second-order valence-corrected chi connectivity index (χ2v) is 10.00. The van der Waals surface area contributed by atoms with Crippen LogP contribution in [0.1, 0.15) is 53.9 Å². The average molecular weight is 488 g/mol. The molecule has 190 valence electrons. The van der Waals surface area contributed by atoms with Crippen LogP contribution in [-0.4, -0.2) is 51.9 Å². The molecule has 2 unspecified atom stereocenters. The number of carbonyl (C=O) groups is 1. The summed E-state index contributed by atoms with van der Waals surface area (Å²) in [6.07, 6.45) is 3.89. The molecule has 1 aliphatic heterocycles. The zero-order valence-corrected chi connectivity index (χ0v) is 20.8. The van der Waals surface area contributed by atoms with Gasteiger partial charge in [0.25, 0.3) is 0 Å². The number of phenols is 1. The third kappa shape index (κ3) is 7.19. The van der Waals surface area contributed by atoms with Gasteiger partial charge in [-0.1, -0.05) is 66.7 Å². The van der Waals surface area contributed by atoms with E-state index in [1.54, 1.807) is 12.1 Å². The number of piperidine rings is 1. The van der Waals surface area contributed by atoms with Gasteiger partial charge in [-0.25, -0.2) is 0 Å². The first-order valence-corrected chi connectivity index (χ1v) is 13.0. The highest BCUT2D eigenvalue weighted by molar-refractivity contribution is 5.70. The SMILES string of the molecule is O=C(O)Cc1ccccc1CC(O)CCCN1CCC(C(c2ccccc2)c2ccc(O)cc2)CC1. The lowest BCUT2D eigenvalue weighted by atomic mass is 9.76. The van der Waals surface area contributed by atoms with E-state index in [4.69, 9.17) is 5.11 Å². The van der Waals surface area contributed by atoms with Crippen molar-refractivity contribution in [3.05, 3.63) is 101 Å². The third-order valence-corrected chi connectivity index (χ3v) is 7.44. The van der Waals surface area contributed by atoms with Gasteiger partial charge < -0.3 is 20.2 Å². The number of rotatable bonds is 11. The molecule has 5 heteroatoms. The molecule has 0 amide bonds. The van der Waals surface area contributed by atoms with E-state index in [0.29, 0.717) is 30.4 Å². The maximum Gasteiger partial charge on any atom is 0.307 e. The number of phenolic OH excluding ortho intramolecular Hbond substituents is 1. The molecule has 0 spiro atoms. The fourth-order valence-electron chi connectivity index (χ4n) is 5.59. The van der Waals surface area contributed by atoms with E-state index in [9.17, 15) is 15.0 Å². The number of carboxylic acid groups (broad SMARTS) is 1. The zero-order chi connectivity index (χ0) is 25.3. The molecule has 3 aromatic rings. The van der Waals surface area contributed by atoms with Gasteiger partial charge >= 0.3 is 5.97 Å². The lowest BCUT2D eigenvalue weighted by Crippen LogP contribution is -2.36. The maximum absolute atomic E-state index is 11.1. The van der Waals surface area contributed by atoms with Gasteiger partial charge in [0.1, 0.15) is 5.75 Å². The van der Waals surface area contributed by atoms with Crippen LogP contribution < -0.4 is 0 Å². The van der Waals surface area contributed by atoms with Gasteiger partial charge in [-0.05, 0) is 92.0 Å². The molecule has 2 atom stereocenters. The van der Waals surface area contributed by atoms with Gasteiger partial charge in [0.05, 0.1) is 12.5 Å². The van der Waals surface area contributed by atoms with Gasteiger partial charge in [0.2, 0.25) is 0 Å². The van der Waals surface area contributed by atoms with Gasteiger partial charge in [0, 0.05) is 5.92 Å². The minimum absolute atomic E-state index is 0.00798. The number of aliphatic hydroxyl groups excluding tert-OH is 1. The standard InChI is InChI=1S/C31H37NO4/c33-28-14-12-24(13-15-28)31(23-7-2-1-3-8-23)25-16-19-32(20-17-25)18-6-11-29(34)21-26-9-4-5-10-27(26)22-30(35)36/h1-5,7-10,12-15,25,29,31,33-34H,6,11,16-22H2,(H,35,36). The molecule has 1 aliphatic rings. The topological polar surface area (TPSA) is 81.0 Å². The largest absolute Gasteiger partial charge is 0.508 e. The summed E-state index contributed by atoms with van der Waals surface area (Å²) >= 11 is 0. The van der Waals surface area contributed by atoms with Crippen LogP contribution >= 0.6 is 0 Å². The third-order valence-electron chi connectivity index (χ3n) is 7.44. The van der Waals surface area contributed by atoms with Crippen LogP contribution in [0.5, 0.6) is 5.75 Å². The van der Waals surface area contributed by atoms with E-state index in [1.807, 2.05) is 24.3 Å². The normalized spacial score (nSPS) is 16.5. The van der Waals surface area contributed by atoms with Gasteiger partial charge in [-0.2, -0.15) is 0 Å². The Balaban J connectivity index is 1.27. The molecule has 1 heterocycles. The number of hydrogen-bond acceptors (Lipinski definition) is 4. The van der Waals surface area contributed by atoms with Crippen molar-refractivity contribution < 1.29 is 20.1 Å². The quantitative estimate of drug-likeness (QED) is 0.344. The summed E-state index contributed by atoms with van der Waals surface area (Å²) in [6, 6.07) is 25.8. The molecular formula is C31H37NO4. The van der Waals surface area contributed by atoms with Crippen LogP contribution in [0, 0.1) is 5.92 Å². The minimum Gasteiger partial charge on any atom is -0.508 e. The summed E-state index contributed by atoms with van der Waals surface area (Å²) < 4.78 is 0. The van der Waals surface area contributed by atoms with Gasteiger partial charge in [0.15, 0.2) is 0 Å². The Kier molecular flexibility index (Phi) is 9.15. The van der Waals surface area contributed by atoms with Crippen molar-refractivity contribution in [1.29, 1.82) is 0 Å². The van der Waals surface area contributed by atoms with E-state index >= 15 is 0 Å². The molecule has 0 aromatic heterocycles. The first-order chi connectivity index (χ1) is 17.5. The summed E-state index contributed by atoms with van der Waals surface area (Å²) in [4.78, 5) is 13.6. The monoisotopic (exact) mass is 487 g/mol. The summed E-state index contributed by atoms with van der Waals surface area (Å²) in [5, 5.41) is 29.5. The fourth-order valence-corrected chi connectivity index (χ4v) is 5.59. The van der Waals surface area contributed by atoms with Crippen molar-refractivity contribution in [2.24, 2.45) is 5.92 Å². The molecule has 4 rings (SSSR count). The number of benzene rings is 3. The van der Waals surface area contributed by atoms with Crippen LogP contribution in [0.25, 0.3) is 0 Å². The molecule has 0 aliphatic carbocycles. The van der Waals surface area contributed by atoms with Crippen molar-refractivity contribution in [2.75, 3.05) is 19.6 Å². The van der Waals surface area contributed by atoms with Crippen LogP contribution in [0.4, 0.5) is 0 Å². The van der Waals surface area contributed by atoms with E-state index < -0.39 is 12.1 Å². The van der Waals surface area contributed by atoms with Crippen molar-refractivity contribution in [3.63, 3.8) is 0 Å². The second kappa shape index (κ2) is 12.7. The molecule has 1 saturated heterocycles. The van der Waals surface area contributed by atoms with Crippen LogP contribution in [-0.2, 0) is 17.6 Å². The number of carboxylic acids is 1. The smallest absolute Gasteiger partial charge is 0.307 e. The van der Waals surface area contributed by atoms with Crippen molar-refractivity contribution in [1.82, 2.24) is 4.90 Å². The Morgan fingerprint density at radius 3 is 2.14 bits per heavy atom. The molecule has 1 fully saturated rings. The molecule has 3 N–H and O–H groups in total. The van der Waals surface area contributed by atoms with Crippen LogP contribution in [0.2, 0.25) is 0 Å². The Morgan fingerprint density at radius 2 is 1.47 bits per heavy atom. The molecule has 0 saturated carbocycles. The van der Waals surface area contributed by atoms with Crippen molar-refractivity contribution >= 4 is 5.97 Å². The van der Waals surface area contributed by atoms with Gasteiger partial charge in [-0.3, -0.25) is 4.79 Å². The zero-order valence-electron chi connectivity index (χ0n) is 20.8. The average Bonchev–Trinajstić information content (AvgIpc) is 2.88. The number of likely N-dealkylation sites (tertiary alicyclic amines) is 1. The Labute approximate surface area is 214 Å². The van der Waals surface area contributed by atoms with Gasteiger partial charge in [-0.15, -0.1) is 0 Å². The maximum atomic E-state index is 11.1. The number of aromatic hydroxyl groups is 1. The van der Waals surface area contributed by atoms with Crippen LogP contribution in [0.3, 0.4) is 0 Å². The first-order valence-electron chi connectivity index (χ1n) is 13.0. The lowest BCUT2D eigenvalue weighted by molar-refractivity contribution is -0.136.